The van der Waals surface area contributed by atoms with Gasteiger partial charge in [0.15, 0.2) is 5.96 Å². The van der Waals surface area contributed by atoms with Crippen molar-refractivity contribution in [2.75, 3.05) is 38.2 Å². The van der Waals surface area contributed by atoms with Crippen molar-refractivity contribution in [2.45, 2.75) is 39.2 Å². The normalized spacial score (nSPS) is 19.7. The molecule has 0 spiro atoms. The lowest BCUT2D eigenvalue weighted by atomic mass is 9.98. The molecule has 1 amide bonds. The van der Waals surface area contributed by atoms with E-state index in [2.05, 4.69) is 15.2 Å². The van der Waals surface area contributed by atoms with E-state index >= 15 is 0 Å². The Hall–Kier alpha value is -1.84. The molecule has 0 saturated carbocycles. The third kappa shape index (κ3) is 6.07. The van der Waals surface area contributed by atoms with Gasteiger partial charge in [0.25, 0.3) is 0 Å². The van der Waals surface area contributed by atoms with Crippen LogP contribution in [0.2, 0.25) is 0 Å². The Morgan fingerprint density at radius 1 is 1.24 bits per heavy atom. The number of benzene rings is 1. The zero-order valence-electron chi connectivity index (χ0n) is 17.2. The molecule has 2 saturated heterocycles. The number of piperidine rings is 1. The maximum Gasteiger partial charge on any atom is 0.310 e. The third-order valence-electron chi connectivity index (χ3n) is 5.32. The van der Waals surface area contributed by atoms with Crippen LogP contribution in [0.5, 0.6) is 0 Å². The van der Waals surface area contributed by atoms with E-state index in [0.717, 1.165) is 49.6 Å². The summed E-state index contributed by atoms with van der Waals surface area (Å²) in [4.78, 5) is 32.3. The van der Waals surface area contributed by atoms with Crippen LogP contribution in [0.1, 0.15) is 38.2 Å². The van der Waals surface area contributed by atoms with E-state index in [1.165, 1.54) is 0 Å². The van der Waals surface area contributed by atoms with Crippen LogP contribution in [0.15, 0.2) is 29.3 Å². The Kier molecular flexibility index (Phi) is 9.19. The monoisotopic (exact) mass is 514 g/mol. The maximum atomic E-state index is 12.1. The van der Waals surface area contributed by atoms with Gasteiger partial charge in [-0.1, -0.05) is 12.1 Å². The molecule has 1 aromatic carbocycles. The highest BCUT2D eigenvalue weighted by Crippen LogP contribution is 2.22. The summed E-state index contributed by atoms with van der Waals surface area (Å²) >= 11 is 0. The van der Waals surface area contributed by atoms with Gasteiger partial charge in [-0.3, -0.25) is 14.6 Å². The fourth-order valence-electron chi connectivity index (χ4n) is 3.85. The smallest absolute Gasteiger partial charge is 0.310 e. The molecule has 0 bridgehead atoms. The van der Waals surface area contributed by atoms with Crippen LogP contribution in [0.3, 0.4) is 0 Å². The summed E-state index contributed by atoms with van der Waals surface area (Å²) in [6.07, 6.45) is 3.38. The Morgan fingerprint density at radius 2 is 2.00 bits per heavy atom. The molecule has 0 aliphatic carbocycles. The number of hydrogen-bond donors (Lipinski definition) is 1. The van der Waals surface area contributed by atoms with Crippen molar-refractivity contribution < 1.29 is 14.3 Å². The molecule has 8 heteroatoms. The van der Waals surface area contributed by atoms with Gasteiger partial charge < -0.3 is 19.9 Å². The van der Waals surface area contributed by atoms with E-state index in [9.17, 15) is 9.59 Å². The van der Waals surface area contributed by atoms with E-state index in [1.54, 1.807) is 7.05 Å². The molecular weight excluding hydrogens is 483 g/mol. The SMILES string of the molecule is CCOC(=O)C1CCCN(C(=NC)NCc2ccc(N3CCCC3=O)cc2)C1.I. The van der Waals surface area contributed by atoms with Crippen molar-refractivity contribution in [3.05, 3.63) is 29.8 Å². The summed E-state index contributed by atoms with van der Waals surface area (Å²) in [5, 5.41) is 3.39. The highest BCUT2D eigenvalue weighted by Gasteiger charge is 2.28. The molecule has 3 rings (SSSR count). The van der Waals surface area contributed by atoms with Gasteiger partial charge in [-0.05, 0) is 43.9 Å². The molecule has 29 heavy (non-hydrogen) atoms. The number of nitrogens with one attached hydrogen (secondary N) is 1. The summed E-state index contributed by atoms with van der Waals surface area (Å²) < 4.78 is 5.18. The molecule has 0 aromatic heterocycles. The molecule has 1 aromatic rings. The number of carbonyl (C=O) groups excluding carboxylic acids is 2. The number of amides is 1. The first kappa shape index (κ1) is 23.4. The number of guanidine groups is 1. The molecule has 1 N–H and O–H groups in total. The van der Waals surface area contributed by atoms with Crippen molar-refractivity contribution in [3.8, 4) is 0 Å². The summed E-state index contributed by atoms with van der Waals surface area (Å²) in [5.74, 6) is 0.791. The minimum atomic E-state index is -0.116. The van der Waals surface area contributed by atoms with Crippen LogP contribution in [0.4, 0.5) is 5.69 Å². The van der Waals surface area contributed by atoms with E-state index in [1.807, 2.05) is 36.1 Å². The largest absolute Gasteiger partial charge is 0.466 e. The molecule has 2 heterocycles. The maximum absolute atomic E-state index is 12.1. The summed E-state index contributed by atoms with van der Waals surface area (Å²) in [6, 6.07) is 8.08. The summed E-state index contributed by atoms with van der Waals surface area (Å²) in [5.41, 5.74) is 2.08. The highest BCUT2D eigenvalue weighted by molar-refractivity contribution is 14.0. The number of likely N-dealkylation sites (tertiary alicyclic amines) is 1. The lowest BCUT2D eigenvalue weighted by Crippen LogP contribution is -2.48. The van der Waals surface area contributed by atoms with Crippen molar-refractivity contribution in [1.29, 1.82) is 0 Å². The van der Waals surface area contributed by atoms with Crippen molar-refractivity contribution in [3.63, 3.8) is 0 Å². The zero-order valence-corrected chi connectivity index (χ0v) is 19.6. The second-order valence-electron chi connectivity index (χ2n) is 7.25. The molecule has 160 valence electrons. The molecular formula is C21H31IN4O3. The number of esters is 1. The third-order valence-corrected chi connectivity index (χ3v) is 5.32. The number of halogens is 1. The van der Waals surface area contributed by atoms with E-state index in [0.29, 0.717) is 26.1 Å². The van der Waals surface area contributed by atoms with E-state index in [4.69, 9.17) is 4.74 Å². The number of nitrogens with zero attached hydrogens (tertiary/aromatic N) is 3. The second kappa shape index (κ2) is 11.4. The quantitative estimate of drug-likeness (QED) is 0.283. The standard InChI is InChI=1S/C21H30N4O3.HI/c1-3-28-20(27)17-6-4-12-24(15-17)21(22-2)23-14-16-8-10-18(11-9-16)25-13-5-7-19(25)26;/h8-11,17H,3-7,12-15H2,1-2H3,(H,22,23);1H. The first-order chi connectivity index (χ1) is 13.6. The van der Waals surface area contributed by atoms with E-state index < -0.39 is 0 Å². The molecule has 1 atom stereocenters. The number of carbonyl (C=O) groups is 2. The number of hydrogen-bond acceptors (Lipinski definition) is 4. The molecule has 2 fully saturated rings. The Morgan fingerprint density at radius 3 is 2.62 bits per heavy atom. The summed E-state index contributed by atoms with van der Waals surface area (Å²) in [7, 11) is 1.76. The minimum absolute atomic E-state index is 0. The van der Waals surface area contributed by atoms with Crippen molar-refractivity contribution in [1.82, 2.24) is 10.2 Å². The number of aliphatic imine (C=N–C) groups is 1. The zero-order chi connectivity index (χ0) is 19.9. The van der Waals surface area contributed by atoms with Crippen molar-refractivity contribution >= 4 is 47.5 Å². The predicted molar refractivity (Wildman–Crippen MR) is 125 cm³/mol. The average Bonchev–Trinajstić information content (AvgIpc) is 3.15. The van der Waals surface area contributed by atoms with Crippen LogP contribution in [0.25, 0.3) is 0 Å². The highest BCUT2D eigenvalue weighted by atomic mass is 127. The van der Waals surface area contributed by atoms with Crippen LogP contribution in [-0.2, 0) is 20.9 Å². The molecule has 2 aliphatic rings. The van der Waals surface area contributed by atoms with Gasteiger partial charge in [-0.15, -0.1) is 24.0 Å². The lowest BCUT2D eigenvalue weighted by molar-refractivity contribution is -0.149. The van der Waals surface area contributed by atoms with Gasteiger partial charge in [0.1, 0.15) is 0 Å². The predicted octanol–water partition coefficient (Wildman–Crippen LogP) is 2.78. The van der Waals surface area contributed by atoms with Crippen LogP contribution < -0.4 is 10.2 Å². The molecule has 0 radical (unpaired) electrons. The average molecular weight is 514 g/mol. The molecule has 7 nitrogen and oxygen atoms in total. The number of ether oxygens (including phenoxy) is 1. The van der Waals surface area contributed by atoms with Crippen molar-refractivity contribution in [2.24, 2.45) is 10.9 Å². The topological polar surface area (TPSA) is 74.2 Å². The van der Waals surface area contributed by atoms with Gasteiger partial charge in [-0.25, -0.2) is 0 Å². The Bertz CT molecular complexity index is 723. The first-order valence-corrected chi connectivity index (χ1v) is 10.1. The van der Waals surface area contributed by atoms with Crippen LogP contribution >= 0.6 is 24.0 Å². The first-order valence-electron chi connectivity index (χ1n) is 10.1. The summed E-state index contributed by atoms with van der Waals surface area (Å²) in [6.45, 7) is 5.21. The van der Waals surface area contributed by atoms with Gasteiger partial charge in [0, 0.05) is 45.3 Å². The lowest BCUT2D eigenvalue weighted by Gasteiger charge is -2.34. The van der Waals surface area contributed by atoms with Gasteiger partial charge in [0.2, 0.25) is 5.91 Å². The second-order valence-corrected chi connectivity index (χ2v) is 7.25. The van der Waals surface area contributed by atoms with Crippen LogP contribution in [0, 0.1) is 5.92 Å². The molecule has 1 unspecified atom stereocenters. The van der Waals surface area contributed by atoms with Gasteiger partial charge >= 0.3 is 5.97 Å². The van der Waals surface area contributed by atoms with Crippen LogP contribution in [-0.4, -0.2) is 56.0 Å². The Balaban J connectivity index is 0.00000300. The van der Waals surface area contributed by atoms with E-state index in [-0.39, 0.29) is 41.8 Å². The Labute approximate surface area is 189 Å². The number of rotatable bonds is 5. The van der Waals surface area contributed by atoms with Gasteiger partial charge in [0.05, 0.1) is 12.5 Å². The number of anilines is 1. The fraction of sp³-hybridized carbons (Fsp3) is 0.571. The van der Waals surface area contributed by atoms with Gasteiger partial charge in [-0.2, -0.15) is 0 Å². The minimum Gasteiger partial charge on any atom is -0.466 e. The molecule has 2 aliphatic heterocycles. The fourth-order valence-corrected chi connectivity index (χ4v) is 3.85.